The summed E-state index contributed by atoms with van der Waals surface area (Å²) in [6.07, 6.45) is -4.25. The molecule has 0 radical (unpaired) electrons. The van der Waals surface area contributed by atoms with Crippen LogP contribution in [0.3, 0.4) is 0 Å². The normalized spacial score (nSPS) is 14.0. The predicted octanol–water partition coefficient (Wildman–Crippen LogP) is 4.76. The van der Waals surface area contributed by atoms with Gasteiger partial charge in [-0.2, -0.15) is 13.2 Å². The van der Waals surface area contributed by atoms with Gasteiger partial charge in [0.2, 0.25) is 5.91 Å². The Morgan fingerprint density at radius 3 is 2.46 bits per heavy atom. The van der Waals surface area contributed by atoms with Crippen molar-refractivity contribution >= 4 is 5.91 Å². The molecule has 0 bridgehead atoms. The third-order valence-corrected chi connectivity index (χ3v) is 4.18. The van der Waals surface area contributed by atoms with Crippen molar-refractivity contribution < 1.29 is 22.4 Å². The number of benzene rings is 2. The monoisotopic (exact) mass is 337 g/mol. The summed E-state index contributed by atoms with van der Waals surface area (Å²) in [5, 5.41) is 0. The Hall–Kier alpha value is -2.37. The molecule has 1 aliphatic heterocycles. The Labute approximate surface area is 136 Å². The molecule has 2 aromatic rings. The van der Waals surface area contributed by atoms with Gasteiger partial charge in [0.25, 0.3) is 0 Å². The van der Waals surface area contributed by atoms with Gasteiger partial charge in [-0.1, -0.05) is 25.1 Å². The number of halogens is 4. The first kappa shape index (κ1) is 16.5. The summed E-state index contributed by atoms with van der Waals surface area (Å²) in [5.41, 5.74) is 1.06. The molecule has 0 fully saturated rings. The molecule has 0 N–H and O–H groups in total. The van der Waals surface area contributed by atoms with E-state index in [0.717, 1.165) is 23.3 Å². The molecular weight excluding hydrogens is 322 g/mol. The van der Waals surface area contributed by atoms with Crippen molar-refractivity contribution in [3.63, 3.8) is 0 Å². The molecule has 0 atom stereocenters. The topological polar surface area (TPSA) is 20.3 Å². The number of carbonyl (C=O) groups is 1. The van der Waals surface area contributed by atoms with E-state index in [2.05, 4.69) is 0 Å². The van der Waals surface area contributed by atoms with E-state index in [0.29, 0.717) is 31.1 Å². The van der Waals surface area contributed by atoms with Gasteiger partial charge in [-0.3, -0.25) is 4.79 Å². The van der Waals surface area contributed by atoms with Crippen molar-refractivity contribution in [2.24, 2.45) is 0 Å². The SMILES string of the molecule is CCC(=O)N1Cc2ccc(-c3ccc(F)cc3C(F)(F)F)cc2C1. The third kappa shape index (κ3) is 3.00. The molecule has 0 unspecified atom stereocenters. The highest BCUT2D eigenvalue weighted by Crippen LogP contribution is 2.38. The molecule has 0 saturated carbocycles. The molecule has 1 aliphatic rings. The quantitative estimate of drug-likeness (QED) is 0.723. The van der Waals surface area contributed by atoms with E-state index in [9.17, 15) is 22.4 Å². The molecule has 0 spiro atoms. The summed E-state index contributed by atoms with van der Waals surface area (Å²) < 4.78 is 52.8. The van der Waals surface area contributed by atoms with Crippen LogP contribution in [0.1, 0.15) is 30.0 Å². The third-order valence-electron chi connectivity index (χ3n) is 4.18. The zero-order chi connectivity index (χ0) is 17.5. The first-order valence-corrected chi connectivity index (χ1v) is 7.56. The first-order valence-electron chi connectivity index (χ1n) is 7.56. The van der Waals surface area contributed by atoms with Gasteiger partial charge < -0.3 is 4.90 Å². The van der Waals surface area contributed by atoms with Gasteiger partial charge in [0.1, 0.15) is 5.82 Å². The summed E-state index contributed by atoms with van der Waals surface area (Å²) >= 11 is 0. The van der Waals surface area contributed by atoms with E-state index in [1.165, 1.54) is 0 Å². The lowest BCUT2D eigenvalue weighted by Gasteiger charge is -2.14. The fraction of sp³-hybridized carbons (Fsp3) is 0.278. The lowest BCUT2D eigenvalue weighted by Crippen LogP contribution is -2.23. The molecule has 0 aliphatic carbocycles. The number of nitrogens with zero attached hydrogens (tertiary/aromatic N) is 1. The zero-order valence-electron chi connectivity index (χ0n) is 13.0. The molecule has 0 aromatic heterocycles. The molecule has 3 rings (SSSR count). The Morgan fingerprint density at radius 1 is 1.08 bits per heavy atom. The van der Waals surface area contributed by atoms with Crippen LogP contribution in [0.5, 0.6) is 0 Å². The largest absolute Gasteiger partial charge is 0.417 e. The van der Waals surface area contributed by atoms with E-state index in [1.807, 2.05) is 0 Å². The lowest BCUT2D eigenvalue weighted by atomic mass is 9.96. The van der Waals surface area contributed by atoms with Crippen LogP contribution in [0, 0.1) is 5.82 Å². The highest BCUT2D eigenvalue weighted by atomic mass is 19.4. The number of hydrogen-bond acceptors (Lipinski definition) is 1. The van der Waals surface area contributed by atoms with E-state index in [4.69, 9.17) is 0 Å². The minimum absolute atomic E-state index is 0.00510. The molecule has 1 amide bonds. The van der Waals surface area contributed by atoms with Crippen molar-refractivity contribution in [3.05, 3.63) is 58.9 Å². The van der Waals surface area contributed by atoms with Crippen LogP contribution in [0.15, 0.2) is 36.4 Å². The Morgan fingerprint density at radius 2 is 1.79 bits per heavy atom. The van der Waals surface area contributed by atoms with Gasteiger partial charge in [-0.05, 0) is 40.5 Å². The molecule has 126 valence electrons. The van der Waals surface area contributed by atoms with Gasteiger partial charge >= 0.3 is 6.18 Å². The van der Waals surface area contributed by atoms with Crippen molar-refractivity contribution in [1.82, 2.24) is 4.90 Å². The number of alkyl halides is 3. The van der Waals surface area contributed by atoms with E-state index >= 15 is 0 Å². The second-order valence-corrected chi connectivity index (χ2v) is 5.77. The molecule has 0 saturated heterocycles. The van der Waals surface area contributed by atoms with Crippen LogP contribution in [0.2, 0.25) is 0 Å². The molecule has 2 nitrogen and oxygen atoms in total. The smallest absolute Gasteiger partial charge is 0.334 e. The second kappa shape index (κ2) is 5.92. The average Bonchev–Trinajstić information content (AvgIpc) is 2.96. The number of carbonyl (C=O) groups excluding carboxylic acids is 1. The fourth-order valence-corrected chi connectivity index (χ4v) is 2.96. The van der Waals surface area contributed by atoms with Crippen LogP contribution in [-0.2, 0) is 24.1 Å². The van der Waals surface area contributed by atoms with Crippen molar-refractivity contribution in [3.8, 4) is 11.1 Å². The predicted molar refractivity (Wildman–Crippen MR) is 81.4 cm³/mol. The Bertz CT molecular complexity index is 798. The maximum atomic E-state index is 13.2. The van der Waals surface area contributed by atoms with Gasteiger partial charge in [-0.15, -0.1) is 0 Å². The Kier molecular flexibility index (Phi) is 4.07. The summed E-state index contributed by atoms with van der Waals surface area (Å²) in [6.45, 7) is 2.63. The highest BCUT2D eigenvalue weighted by molar-refractivity contribution is 5.77. The molecular formula is C18H15F4NO. The summed E-state index contributed by atoms with van der Waals surface area (Å²) in [6, 6.07) is 7.64. The molecule has 1 heterocycles. The minimum atomic E-state index is -4.64. The van der Waals surface area contributed by atoms with Crippen LogP contribution < -0.4 is 0 Å². The summed E-state index contributed by atoms with van der Waals surface area (Å²) in [4.78, 5) is 13.5. The maximum absolute atomic E-state index is 13.2. The van der Waals surface area contributed by atoms with Crippen LogP contribution in [-0.4, -0.2) is 10.8 Å². The summed E-state index contributed by atoms with van der Waals surface area (Å²) in [5.74, 6) is -0.919. The van der Waals surface area contributed by atoms with Gasteiger partial charge in [0, 0.05) is 19.5 Å². The lowest BCUT2D eigenvalue weighted by molar-refractivity contribution is -0.137. The van der Waals surface area contributed by atoms with Gasteiger partial charge in [-0.25, -0.2) is 4.39 Å². The Balaban J connectivity index is 2.01. The van der Waals surface area contributed by atoms with Gasteiger partial charge in [0.05, 0.1) is 5.56 Å². The van der Waals surface area contributed by atoms with Crippen molar-refractivity contribution in [2.45, 2.75) is 32.6 Å². The van der Waals surface area contributed by atoms with E-state index in [1.54, 1.807) is 30.0 Å². The maximum Gasteiger partial charge on any atom is 0.417 e. The van der Waals surface area contributed by atoms with Crippen molar-refractivity contribution in [2.75, 3.05) is 0 Å². The van der Waals surface area contributed by atoms with Crippen LogP contribution in [0.4, 0.5) is 17.6 Å². The first-order chi connectivity index (χ1) is 11.3. The summed E-state index contributed by atoms with van der Waals surface area (Å²) in [7, 11) is 0. The average molecular weight is 337 g/mol. The fourth-order valence-electron chi connectivity index (χ4n) is 2.96. The molecule has 24 heavy (non-hydrogen) atoms. The minimum Gasteiger partial charge on any atom is -0.334 e. The van der Waals surface area contributed by atoms with Crippen LogP contribution in [0.25, 0.3) is 11.1 Å². The molecule has 2 aromatic carbocycles. The van der Waals surface area contributed by atoms with E-state index in [-0.39, 0.29) is 11.5 Å². The van der Waals surface area contributed by atoms with Gasteiger partial charge in [0.15, 0.2) is 0 Å². The highest BCUT2D eigenvalue weighted by Gasteiger charge is 2.34. The number of amides is 1. The second-order valence-electron chi connectivity index (χ2n) is 5.77. The number of rotatable bonds is 2. The zero-order valence-corrected chi connectivity index (χ0v) is 13.0. The molecule has 6 heteroatoms. The number of fused-ring (bicyclic) bond motifs is 1. The number of hydrogen-bond donors (Lipinski definition) is 0. The standard InChI is InChI=1S/C18H15F4NO/c1-2-17(24)23-9-12-4-3-11(7-13(12)10-23)15-6-5-14(19)8-16(15)18(20,21)22/h3-8H,2,9-10H2,1H3. The van der Waals surface area contributed by atoms with E-state index < -0.39 is 17.6 Å². The van der Waals surface area contributed by atoms with Crippen LogP contribution >= 0.6 is 0 Å². The van der Waals surface area contributed by atoms with Crippen molar-refractivity contribution in [1.29, 1.82) is 0 Å².